The number of ether oxygens (including phenoxy) is 2. The molecule has 0 aliphatic carbocycles. The largest absolute Gasteiger partial charge is 0.483 e. The molecule has 3 aromatic heterocycles. The standard InChI is InChI=1S/C26H26N4O5S/c1-26(11-14-36(32,33)15-12-26)29-24(31)21-17-30-16-20(9-10-23(30)28-21)35-25-22(8-5-13-27-25)34-18-19-6-3-2-4-7-19/h2-10,13,16-17H,11-12,14-15,18H2,1H3,(H,29,31). The average molecular weight is 507 g/mol. The number of benzene rings is 1. The molecule has 1 aliphatic heterocycles. The summed E-state index contributed by atoms with van der Waals surface area (Å²) in [4.78, 5) is 21.6. The fraction of sp³-hybridized carbons (Fsp3) is 0.269. The number of nitrogens with one attached hydrogen (secondary N) is 1. The molecule has 0 atom stereocenters. The van der Waals surface area contributed by atoms with Crippen LogP contribution in [0.1, 0.15) is 35.8 Å². The molecule has 4 aromatic rings. The summed E-state index contributed by atoms with van der Waals surface area (Å²) < 4.78 is 37.1. The van der Waals surface area contributed by atoms with Crippen LogP contribution in [0.2, 0.25) is 0 Å². The molecule has 186 valence electrons. The number of carbonyl (C=O) groups excluding carboxylic acids is 1. The van der Waals surface area contributed by atoms with Crippen LogP contribution >= 0.6 is 0 Å². The van der Waals surface area contributed by atoms with Crippen LogP contribution in [0.4, 0.5) is 0 Å². The Bertz CT molecular complexity index is 1490. The van der Waals surface area contributed by atoms with E-state index in [4.69, 9.17) is 9.47 Å². The zero-order chi connectivity index (χ0) is 25.2. The SMILES string of the molecule is CC1(NC(=O)c2cn3cc(Oc4ncccc4OCc4ccccc4)ccc3n2)CCS(=O)(=O)CC1. The second kappa shape index (κ2) is 9.62. The molecule has 1 saturated heterocycles. The Morgan fingerprint density at radius 3 is 2.61 bits per heavy atom. The van der Waals surface area contributed by atoms with Crippen LogP contribution in [0.25, 0.3) is 5.65 Å². The molecule has 10 heteroatoms. The van der Waals surface area contributed by atoms with Crippen LogP contribution in [-0.2, 0) is 16.4 Å². The maximum atomic E-state index is 12.9. The number of carbonyl (C=O) groups is 1. The molecule has 36 heavy (non-hydrogen) atoms. The van der Waals surface area contributed by atoms with E-state index in [9.17, 15) is 13.2 Å². The third kappa shape index (κ3) is 5.49. The first-order valence-corrected chi connectivity index (χ1v) is 13.4. The van der Waals surface area contributed by atoms with Crippen molar-refractivity contribution < 1.29 is 22.7 Å². The summed E-state index contributed by atoms with van der Waals surface area (Å²) >= 11 is 0. The lowest BCUT2D eigenvalue weighted by Gasteiger charge is -2.34. The minimum absolute atomic E-state index is 0.0697. The molecule has 1 aliphatic rings. The van der Waals surface area contributed by atoms with Crippen molar-refractivity contribution in [1.82, 2.24) is 19.7 Å². The molecular weight excluding hydrogens is 480 g/mol. The molecule has 0 unspecified atom stereocenters. The molecule has 0 bridgehead atoms. The number of hydrogen-bond donors (Lipinski definition) is 1. The predicted octanol–water partition coefficient (Wildman–Crippen LogP) is 3.80. The van der Waals surface area contributed by atoms with Gasteiger partial charge >= 0.3 is 0 Å². The van der Waals surface area contributed by atoms with Gasteiger partial charge in [0.1, 0.15) is 33.5 Å². The highest BCUT2D eigenvalue weighted by Crippen LogP contribution is 2.30. The highest BCUT2D eigenvalue weighted by Gasteiger charge is 2.35. The van der Waals surface area contributed by atoms with E-state index in [1.54, 1.807) is 47.3 Å². The van der Waals surface area contributed by atoms with Gasteiger partial charge in [0, 0.05) is 17.9 Å². The maximum Gasteiger partial charge on any atom is 0.271 e. The molecule has 9 nitrogen and oxygen atoms in total. The maximum absolute atomic E-state index is 12.9. The summed E-state index contributed by atoms with van der Waals surface area (Å²) in [5.41, 5.74) is 1.26. The van der Waals surface area contributed by atoms with Crippen LogP contribution in [0, 0.1) is 0 Å². The number of imidazole rings is 1. The van der Waals surface area contributed by atoms with Crippen LogP contribution in [0.15, 0.2) is 73.2 Å². The Balaban J connectivity index is 1.29. The van der Waals surface area contributed by atoms with Gasteiger partial charge in [-0.2, -0.15) is 0 Å². The minimum atomic E-state index is -3.03. The lowest BCUT2D eigenvalue weighted by atomic mass is 9.95. The first-order valence-electron chi connectivity index (χ1n) is 11.6. The Hall–Kier alpha value is -3.92. The van der Waals surface area contributed by atoms with Gasteiger partial charge in [-0.3, -0.25) is 4.79 Å². The molecule has 0 spiro atoms. The van der Waals surface area contributed by atoms with Gasteiger partial charge in [0.2, 0.25) is 0 Å². The number of pyridine rings is 2. The van der Waals surface area contributed by atoms with Crippen LogP contribution in [0.5, 0.6) is 17.4 Å². The number of rotatable bonds is 7. The third-order valence-corrected chi connectivity index (χ3v) is 7.84. The lowest BCUT2D eigenvalue weighted by Crippen LogP contribution is -2.51. The number of nitrogens with zero attached hydrogens (tertiary/aromatic N) is 3. The third-order valence-electron chi connectivity index (χ3n) is 6.19. The zero-order valence-corrected chi connectivity index (χ0v) is 20.6. The summed E-state index contributed by atoms with van der Waals surface area (Å²) in [6, 6.07) is 16.9. The molecule has 1 fully saturated rings. The highest BCUT2D eigenvalue weighted by molar-refractivity contribution is 7.91. The monoisotopic (exact) mass is 506 g/mol. The summed E-state index contributed by atoms with van der Waals surface area (Å²) in [5, 5.41) is 2.96. The number of amides is 1. The zero-order valence-electron chi connectivity index (χ0n) is 19.8. The van der Waals surface area contributed by atoms with E-state index >= 15 is 0 Å². The normalized spacial score (nSPS) is 16.4. The Labute approximate surface area is 209 Å². The van der Waals surface area contributed by atoms with Gasteiger partial charge in [0.15, 0.2) is 5.75 Å². The first-order chi connectivity index (χ1) is 17.3. The van der Waals surface area contributed by atoms with Crippen molar-refractivity contribution in [1.29, 1.82) is 0 Å². The fourth-order valence-corrected chi connectivity index (χ4v) is 5.73. The van der Waals surface area contributed by atoms with E-state index in [-0.39, 0.29) is 23.1 Å². The van der Waals surface area contributed by atoms with Gasteiger partial charge in [0.05, 0.1) is 17.7 Å². The van der Waals surface area contributed by atoms with Crippen molar-refractivity contribution in [2.24, 2.45) is 0 Å². The van der Waals surface area contributed by atoms with E-state index in [0.717, 1.165) is 5.56 Å². The Morgan fingerprint density at radius 2 is 1.83 bits per heavy atom. The van der Waals surface area contributed by atoms with E-state index in [2.05, 4.69) is 15.3 Å². The van der Waals surface area contributed by atoms with E-state index < -0.39 is 15.4 Å². The van der Waals surface area contributed by atoms with Gasteiger partial charge in [-0.15, -0.1) is 0 Å². The van der Waals surface area contributed by atoms with Gasteiger partial charge in [-0.05, 0) is 49.6 Å². The van der Waals surface area contributed by atoms with Crippen molar-refractivity contribution in [2.75, 3.05) is 11.5 Å². The van der Waals surface area contributed by atoms with Crippen LogP contribution < -0.4 is 14.8 Å². The van der Waals surface area contributed by atoms with Gasteiger partial charge in [-0.1, -0.05) is 30.3 Å². The number of hydrogen-bond acceptors (Lipinski definition) is 7. The van der Waals surface area contributed by atoms with E-state index in [0.29, 0.717) is 42.5 Å². The second-order valence-electron chi connectivity index (χ2n) is 9.11. The number of sulfone groups is 1. The highest BCUT2D eigenvalue weighted by atomic mass is 32.2. The number of aromatic nitrogens is 3. The van der Waals surface area contributed by atoms with Gasteiger partial charge in [-0.25, -0.2) is 18.4 Å². The van der Waals surface area contributed by atoms with Crippen LogP contribution in [0.3, 0.4) is 0 Å². The van der Waals surface area contributed by atoms with Crippen molar-refractivity contribution in [3.8, 4) is 17.4 Å². The molecule has 1 N–H and O–H groups in total. The van der Waals surface area contributed by atoms with E-state index in [1.807, 2.05) is 37.3 Å². The molecule has 1 amide bonds. The Kier molecular flexibility index (Phi) is 6.36. The van der Waals surface area contributed by atoms with Crippen molar-refractivity contribution in [3.05, 3.63) is 84.4 Å². The Morgan fingerprint density at radius 1 is 1.06 bits per heavy atom. The molecule has 4 heterocycles. The average Bonchev–Trinajstić information content (AvgIpc) is 3.30. The van der Waals surface area contributed by atoms with Crippen molar-refractivity contribution in [2.45, 2.75) is 31.9 Å². The fourth-order valence-electron chi connectivity index (χ4n) is 4.00. The first kappa shape index (κ1) is 23.8. The van der Waals surface area contributed by atoms with Gasteiger partial charge < -0.3 is 19.2 Å². The lowest BCUT2D eigenvalue weighted by molar-refractivity contribution is 0.0895. The summed E-state index contributed by atoms with van der Waals surface area (Å²) in [6.07, 6.45) is 5.71. The van der Waals surface area contributed by atoms with Crippen molar-refractivity contribution >= 4 is 21.4 Å². The summed E-state index contributed by atoms with van der Waals surface area (Å²) in [5.74, 6) is 1.13. The van der Waals surface area contributed by atoms with Crippen LogP contribution in [-0.4, -0.2) is 45.7 Å². The topological polar surface area (TPSA) is 112 Å². The summed E-state index contributed by atoms with van der Waals surface area (Å²) in [7, 11) is -3.03. The quantitative estimate of drug-likeness (QED) is 0.406. The molecule has 0 radical (unpaired) electrons. The number of fused-ring (bicyclic) bond motifs is 1. The van der Waals surface area contributed by atoms with Crippen molar-refractivity contribution in [3.63, 3.8) is 0 Å². The smallest absolute Gasteiger partial charge is 0.271 e. The molecule has 1 aromatic carbocycles. The molecular formula is C26H26N4O5S. The summed E-state index contributed by atoms with van der Waals surface area (Å²) in [6.45, 7) is 2.25. The predicted molar refractivity (Wildman–Crippen MR) is 134 cm³/mol. The molecule has 0 saturated carbocycles. The van der Waals surface area contributed by atoms with Gasteiger partial charge in [0.25, 0.3) is 11.8 Å². The molecule has 5 rings (SSSR count). The minimum Gasteiger partial charge on any atom is -0.483 e. The van der Waals surface area contributed by atoms with E-state index in [1.165, 1.54) is 0 Å². The second-order valence-corrected chi connectivity index (χ2v) is 11.4.